The molecule has 1 unspecified atom stereocenters. The van der Waals surface area contributed by atoms with Gasteiger partial charge >= 0.3 is 0 Å². The summed E-state index contributed by atoms with van der Waals surface area (Å²) in [4.78, 5) is 0. The molecule has 1 saturated carbocycles. The molecule has 0 saturated heterocycles. The number of rotatable bonds is 9. The van der Waals surface area contributed by atoms with Crippen LogP contribution in [0, 0.1) is 5.92 Å². The van der Waals surface area contributed by atoms with Crippen molar-refractivity contribution in [3.63, 3.8) is 0 Å². The van der Waals surface area contributed by atoms with E-state index in [2.05, 4.69) is 43.4 Å². The van der Waals surface area contributed by atoms with Crippen LogP contribution in [-0.2, 0) is 12.8 Å². The van der Waals surface area contributed by atoms with Crippen molar-refractivity contribution in [2.75, 3.05) is 6.54 Å². The first-order chi connectivity index (χ1) is 9.33. The van der Waals surface area contributed by atoms with E-state index in [0.29, 0.717) is 0 Å². The molecule has 1 atom stereocenters. The molecule has 1 aliphatic carbocycles. The molecule has 0 bridgehead atoms. The van der Waals surface area contributed by atoms with Gasteiger partial charge in [-0.3, -0.25) is 0 Å². The Bertz CT molecular complexity index is 350. The fourth-order valence-corrected chi connectivity index (χ4v) is 2.80. The van der Waals surface area contributed by atoms with Crippen LogP contribution < -0.4 is 5.32 Å². The van der Waals surface area contributed by atoms with Gasteiger partial charge in [-0.2, -0.15) is 0 Å². The maximum absolute atomic E-state index is 3.74. The van der Waals surface area contributed by atoms with Crippen LogP contribution in [0.4, 0.5) is 0 Å². The quantitative estimate of drug-likeness (QED) is 0.695. The van der Waals surface area contributed by atoms with Gasteiger partial charge in [0.15, 0.2) is 0 Å². The zero-order chi connectivity index (χ0) is 13.5. The monoisotopic (exact) mass is 259 g/mol. The van der Waals surface area contributed by atoms with Gasteiger partial charge in [0, 0.05) is 6.04 Å². The number of hydrogen-bond donors (Lipinski definition) is 1. The molecule has 1 aromatic rings. The van der Waals surface area contributed by atoms with Crippen molar-refractivity contribution in [3.05, 3.63) is 35.4 Å². The lowest BCUT2D eigenvalue weighted by atomic mass is 10.0. The van der Waals surface area contributed by atoms with E-state index in [1.165, 1.54) is 56.2 Å². The van der Waals surface area contributed by atoms with Gasteiger partial charge in [0.1, 0.15) is 0 Å². The summed E-state index contributed by atoms with van der Waals surface area (Å²) in [5.41, 5.74) is 2.95. The smallest absolute Gasteiger partial charge is 0.00954 e. The molecule has 1 aromatic carbocycles. The highest BCUT2D eigenvalue weighted by molar-refractivity contribution is 5.22. The number of benzene rings is 1. The predicted molar refractivity (Wildman–Crippen MR) is 83.6 cm³/mol. The van der Waals surface area contributed by atoms with E-state index in [9.17, 15) is 0 Å². The molecule has 0 heterocycles. The zero-order valence-corrected chi connectivity index (χ0v) is 12.6. The van der Waals surface area contributed by atoms with Crippen LogP contribution in [0.5, 0.6) is 0 Å². The highest BCUT2D eigenvalue weighted by atomic mass is 14.9. The fraction of sp³-hybridized carbons (Fsp3) is 0.667. The summed E-state index contributed by atoms with van der Waals surface area (Å²) in [5.74, 6) is 0.981. The summed E-state index contributed by atoms with van der Waals surface area (Å²) in [6.07, 6.45) is 9.20. The van der Waals surface area contributed by atoms with E-state index in [4.69, 9.17) is 0 Å². The summed E-state index contributed by atoms with van der Waals surface area (Å²) < 4.78 is 0. The first kappa shape index (κ1) is 14.6. The molecule has 0 aromatic heterocycles. The van der Waals surface area contributed by atoms with Crippen molar-refractivity contribution < 1.29 is 0 Å². The second-order valence-corrected chi connectivity index (χ2v) is 5.96. The Hall–Kier alpha value is -0.820. The third-order valence-corrected chi connectivity index (χ3v) is 4.26. The normalized spacial score (nSPS) is 16.5. The van der Waals surface area contributed by atoms with Gasteiger partial charge in [0.25, 0.3) is 0 Å². The Morgan fingerprint density at radius 3 is 2.37 bits per heavy atom. The van der Waals surface area contributed by atoms with Crippen LogP contribution in [-0.4, -0.2) is 12.6 Å². The third kappa shape index (κ3) is 4.99. The second-order valence-electron chi connectivity index (χ2n) is 5.96. The highest BCUT2D eigenvalue weighted by Crippen LogP contribution is 2.34. The fourth-order valence-electron chi connectivity index (χ4n) is 2.80. The van der Waals surface area contributed by atoms with Gasteiger partial charge in [0.2, 0.25) is 0 Å². The van der Waals surface area contributed by atoms with E-state index in [0.717, 1.165) is 18.4 Å². The van der Waals surface area contributed by atoms with Crippen molar-refractivity contribution in [2.45, 2.75) is 64.8 Å². The molecule has 0 spiro atoms. The average Bonchev–Trinajstić information content (AvgIpc) is 3.28. The lowest BCUT2D eigenvalue weighted by molar-refractivity contribution is 0.425. The Morgan fingerprint density at radius 2 is 1.79 bits per heavy atom. The van der Waals surface area contributed by atoms with E-state index in [1.54, 1.807) is 0 Å². The van der Waals surface area contributed by atoms with Gasteiger partial charge in [-0.1, -0.05) is 38.1 Å². The van der Waals surface area contributed by atoms with Crippen LogP contribution in [0.25, 0.3) is 0 Å². The molecule has 1 heteroatoms. The summed E-state index contributed by atoms with van der Waals surface area (Å²) >= 11 is 0. The molecule has 1 aliphatic rings. The van der Waals surface area contributed by atoms with Crippen LogP contribution in [0.15, 0.2) is 24.3 Å². The van der Waals surface area contributed by atoms with E-state index >= 15 is 0 Å². The zero-order valence-electron chi connectivity index (χ0n) is 12.6. The van der Waals surface area contributed by atoms with Crippen LogP contribution >= 0.6 is 0 Å². The minimum Gasteiger partial charge on any atom is -0.314 e. The Morgan fingerprint density at radius 1 is 1.11 bits per heavy atom. The minimum absolute atomic E-state index is 0.787. The van der Waals surface area contributed by atoms with Crippen molar-refractivity contribution in [1.29, 1.82) is 0 Å². The molecular weight excluding hydrogens is 230 g/mol. The van der Waals surface area contributed by atoms with Crippen LogP contribution in [0.2, 0.25) is 0 Å². The Kier molecular flexibility index (Phi) is 5.91. The van der Waals surface area contributed by atoms with Crippen LogP contribution in [0.3, 0.4) is 0 Å². The molecule has 2 rings (SSSR count). The van der Waals surface area contributed by atoms with Gasteiger partial charge in [-0.15, -0.1) is 0 Å². The molecule has 0 amide bonds. The van der Waals surface area contributed by atoms with Gasteiger partial charge < -0.3 is 5.32 Å². The maximum Gasteiger partial charge on any atom is 0.00954 e. The molecule has 1 N–H and O–H groups in total. The third-order valence-electron chi connectivity index (χ3n) is 4.26. The van der Waals surface area contributed by atoms with Crippen molar-refractivity contribution in [3.8, 4) is 0 Å². The SMILES string of the molecule is CCCNC(CCCc1ccc(CC)cc1)C1CC1. The van der Waals surface area contributed by atoms with Crippen molar-refractivity contribution in [2.24, 2.45) is 5.92 Å². The van der Waals surface area contributed by atoms with Crippen molar-refractivity contribution >= 4 is 0 Å². The van der Waals surface area contributed by atoms with Gasteiger partial charge in [-0.25, -0.2) is 0 Å². The molecule has 0 radical (unpaired) electrons. The Labute approximate surface area is 118 Å². The molecule has 19 heavy (non-hydrogen) atoms. The lowest BCUT2D eigenvalue weighted by Gasteiger charge is -2.17. The first-order valence-electron chi connectivity index (χ1n) is 8.14. The predicted octanol–water partition coefficient (Wildman–Crippen LogP) is 4.35. The van der Waals surface area contributed by atoms with E-state index in [1.807, 2.05) is 0 Å². The van der Waals surface area contributed by atoms with E-state index in [-0.39, 0.29) is 0 Å². The molecule has 0 aliphatic heterocycles. The minimum atomic E-state index is 0.787. The summed E-state index contributed by atoms with van der Waals surface area (Å²) in [5, 5.41) is 3.74. The standard InChI is InChI=1S/C18H29N/c1-3-14-19-18(17-12-13-17)7-5-6-16-10-8-15(4-2)9-11-16/h8-11,17-19H,3-7,12-14H2,1-2H3. The second kappa shape index (κ2) is 7.69. The topological polar surface area (TPSA) is 12.0 Å². The first-order valence-corrected chi connectivity index (χ1v) is 8.14. The maximum atomic E-state index is 3.74. The Balaban J connectivity index is 1.71. The largest absolute Gasteiger partial charge is 0.314 e. The number of hydrogen-bond acceptors (Lipinski definition) is 1. The lowest BCUT2D eigenvalue weighted by Crippen LogP contribution is -2.31. The van der Waals surface area contributed by atoms with Crippen molar-refractivity contribution in [1.82, 2.24) is 5.32 Å². The average molecular weight is 259 g/mol. The van der Waals surface area contributed by atoms with Gasteiger partial charge in [0.05, 0.1) is 0 Å². The summed E-state index contributed by atoms with van der Waals surface area (Å²) in [6, 6.07) is 9.97. The molecule has 1 fully saturated rings. The van der Waals surface area contributed by atoms with Gasteiger partial charge in [-0.05, 0) is 68.5 Å². The number of nitrogens with one attached hydrogen (secondary N) is 1. The molecule has 1 nitrogen and oxygen atoms in total. The summed E-state index contributed by atoms with van der Waals surface area (Å²) in [7, 11) is 0. The summed E-state index contributed by atoms with van der Waals surface area (Å²) in [6.45, 7) is 5.66. The highest BCUT2D eigenvalue weighted by Gasteiger charge is 2.29. The number of aryl methyl sites for hydroxylation is 2. The molecule has 106 valence electrons. The molecular formula is C18H29N. The van der Waals surface area contributed by atoms with Crippen LogP contribution in [0.1, 0.15) is 57.1 Å². The van der Waals surface area contributed by atoms with E-state index < -0.39 is 0 Å².